The third-order valence-corrected chi connectivity index (χ3v) is 9.03. The highest BCUT2D eigenvalue weighted by molar-refractivity contribution is 7.88. The van der Waals surface area contributed by atoms with Crippen LogP contribution in [0.2, 0.25) is 0 Å². The second-order valence-electron chi connectivity index (χ2n) is 9.08. The van der Waals surface area contributed by atoms with Gasteiger partial charge in [-0.25, -0.2) is 18.4 Å². The number of thiophene rings is 1. The van der Waals surface area contributed by atoms with E-state index in [-0.39, 0.29) is 6.47 Å². The highest BCUT2D eigenvalue weighted by atomic mass is 32.2. The quantitative estimate of drug-likeness (QED) is 0.348. The number of morpholine rings is 1. The molecule has 2 aliphatic heterocycles. The van der Waals surface area contributed by atoms with Crippen LogP contribution >= 0.6 is 11.3 Å². The van der Waals surface area contributed by atoms with Crippen LogP contribution in [0.15, 0.2) is 30.5 Å². The third kappa shape index (κ3) is 5.63. The Kier molecular flexibility index (Phi) is 7.85. The number of aromatic nitrogens is 4. The van der Waals surface area contributed by atoms with Crippen molar-refractivity contribution in [3.63, 3.8) is 0 Å². The van der Waals surface area contributed by atoms with Crippen LogP contribution in [0.3, 0.4) is 0 Å². The second-order valence-corrected chi connectivity index (χ2v) is 12.2. The molecule has 0 aliphatic carbocycles. The number of hydrogen-bond donors (Lipinski definition) is 2. The van der Waals surface area contributed by atoms with E-state index in [2.05, 4.69) is 26.1 Å². The summed E-state index contributed by atoms with van der Waals surface area (Å²) >= 11 is 1.73. The van der Waals surface area contributed by atoms with Gasteiger partial charge >= 0.3 is 0 Å². The van der Waals surface area contributed by atoms with Crippen molar-refractivity contribution in [2.45, 2.75) is 6.54 Å². The zero-order valence-corrected chi connectivity index (χ0v) is 22.5. The van der Waals surface area contributed by atoms with Crippen LogP contribution in [0.1, 0.15) is 4.88 Å². The van der Waals surface area contributed by atoms with E-state index < -0.39 is 10.0 Å². The monoisotopic (exact) mass is 559 g/mol. The normalized spacial score (nSPS) is 17.4. The topological polar surface area (TPSA) is 145 Å². The van der Waals surface area contributed by atoms with E-state index in [9.17, 15) is 8.42 Å². The Morgan fingerprint density at radius 3 is 2.58 bits per heavy atom. The predicted octanol–water partition coefficient (Wildman–Crippen LogP) is 1.85. The molecule has 0 bridgehead atoms. The van der Waals surface area contributed by atoms with E-state index in [1.807, 2.05) is 24.4 Å². The molecule has 5 heterocycles. The fourth-order valence-corrected chi connectivity index (χ4v) is 6.74. The van der Waals surface area contributed by atoms with Gasteiger partial charge in [0, 0.05) is 61.6 Å². The van der Waals surface area contributed by atoms with E-state index in [4.69, 9.17) is 24.6 Å². The minimum absolute atomic E-state index is 0.250. The molecular weight excluding hydrogens is 530 g/mol. The lowest BCUT2D eigenvalue weighted by Gasteiger charge is -2.32. The Bertz CT molecular complexity index is 1520. The van der Waals surface area contributed by atoms with Gasteiger partial charge in [-0.1, -0.05) is 12.1 Å². The second kappa shape index (κ2) is 11.3. The standard InChI is InChI=1S/C23H27N7O3S2.CH2O2/c1-35(31,32)30-7-5-28(6-8-30)15-16-13-20-21(34-16)23(29-9-11-33-12-10-29)26-22(25-20)17-3-2-4-19-18(17)14-24-27-19;2-1-3/h2-4,13-14H,5-12,15H2,1H3,(H,24,27);1H,(H,2,3). The molecule has 6 rings (SSSR count). The number of anilines is 1. The van der Waals surface area contributed by atoms with E-state index in [1.165, 1.54) is 11.1 Å². The van der Waals surface area contributed by atoms with Gasteiger partial charge in [0.1, 0.15) is 0 Å². The van der Waals surface area contributed by atoms with Crippen LogP contribution in [0.4, 0.5) is 5.82 Å². The van der Waals surface area contributed by atoms with Crippen LogP contribution in [-0.4, -0.2) is 108 Å². The Morgan fingerprint density at radius 2 is 1.87 bits per heavy atom. The van der Waals surface area contributed by atoms with Crippen LogP contribution in [0.25, 0.3) is 32.5 Å². The van der Waals surface area contributed by atoms with Gasteiger partial charge in [0.2, 0.25) is 10.0 Å². The number of rotatable bonds is 5. The van der Waals surface area contributed by atoms with Gasteiger partial charge in [0.05, 0.1) is 41.4 Å². The molecule has 2 aliphatic rings. The summed E-state index contributed by atoms with van der Waals surface area (Å²) in [6.07, 6.45) is 3.10. The number of nitrogens with one attached hydrogen (secondary N) is 1. The van der Waals surface area contributed by atoms with Crippen molar-refractivity contribution in [3.8, 4) is 11.4 Å². The van der Waals surface area contributed by atoms with E-state index in [0.29, 0.717) is 32.1 Å². The number of carboxylic acid groups (broad SMARTS) is 1. The predicted molar refractivity (Wildman–Crippen MR) is 146 cm³/mol. The van der Waals surface area contributed by atoms with Gasteiger partial charge in [-0.3, -0.25) is 14.8 Å². The number of aromatic amines is 1. The summed E-state index contributed by atoms with van der Waals surface area (Å²) in [4.78, 5) is 24.2. The molecule has 4 aromatic rings. The summed E-state index contributed by atoms with van der Waals surface area (Å²) in [7, 11) is -3.13. The molecule has 202 valence electrons. The third-order valence-electron chi connectivity index (χ3n) is 6.62. The maximum Gasteiger partial charge on any atom is 0.290 e. The maximum absolute atomic E-state index is 11.8. The number of piperazine rings is 1. The van der Waals surface area contributed by atoms with Crippen molar-refractivity contribution < 1.29 is 23.1 Å². The average Bonchev–Trinajstić information content (AvgIpc) is 3.55. The fraction of sp³-hybridized carbons (Fsp3) is 0.417. The van der Waals surface area contributed by atoms with Crippen LogP contribution < -0.4 is 4.90 Å². The molecule has 0 unspecified atom stereocenters. The zero-order valence-electron chi connectivity index (χ0n) is 20.9. The SMILES string of the molecule is CS(=O)(=O)N1CCN(Cc2cc3nc(-c4cccc5[nH]ncc45)nc(N4CCOCC4)c3s2)CC1.O=CO. The first kappa shape index (κ1) is 26.4. The summed E-state index contributed by atoms with van der Waals surface area (Å²) in [6, 6.07) is 8.19. The van der Waals surface area contributed by atoms with Crippen molar-refractivity contribution in [1.29, 1.82) is 0 Å². The summed E-state index contributed by atoms with van der Waals surface area (Å²) in [5.74, 6) is 1.64. The number of H-pyrrole nitrogens is 1. The molecule has 0 atom stereocenters. The lowest BCUT2D eigenvalue weighted by Crippen LogP contribution is -2.47. The molecule has 0 spiro atoms. The van der Waals surface area contributed by atoms with Crippen molar-refractivity contribution in [1.82, 2.24) is 29.4 Å². The molecule has 2 N–H and O–H groups in total. The lowest BCUT2D eigenvalue weighted by atomic mass is 10.1. The first-order chi connectivity index (χ1) is 18.4. The molecule has 0 amide bonds. The van der Waals surface area contributed by atoms with Crippen molar-refractivity contribution in [3.05, 3.63) is 35.3 Å². The van der Waals surface area contributed by atoms with Crippen LogP contribution in [-0.2, 0) is 26.1 Å². The molecule has 12 nitrogen and oxygen atoms in total. The number of hydrogen-bond acceptors (Lipinski definition) is 10. The average molecular weight is 560 g/mol. The molecule has 1 aromatic carbocycles. The van der Waals surface area contributed by atoms with Gasteiger partial charge in [0.15, 0.2) is 11.6 Å². The Hall–Kier alpha value is -3.17. The molecule has 14 heteroatoms. The number of nitrogens with zero attached hydrogens (tertiary/aromatic N) is 6. The van der Waals surface area contributed by atoms with E-state index in [0.717, 1.165) is 65.2 Å². The summed E-state index contributed by atoms with van der Waals surface area (Å²) < 4.78 is 31.9. The van der Waals surface area contributed by atoms with E-state index in [1.54, 1.807) is 15.6 Å². The summed E-state index contributed by atoms with van der Waals surface area (Å²) in [5.41, 5.74) is 2.85. The molecule has 0 saturated carbocycles. The highest BCUT2D eigenvalue weighted by Gasteiger charge is 2.25. The molecule has 3 aromatic heterocycles. The lowest BCUT2D eigenvalue weighted by molar-refractivity contribution is -0.122. The molecule has 2 saturated heterocycles. The number of carbonyl (C=O) groups is 1. The van der Waals surface area contributed by atoms with Gasteiger partial charge in [-0.05, 0) is 12.1 Å². The first-order valence-corrected chi connectivity index (χ1v) is 14.8. The number of benzene rings is 1. The number of sulfonamides is 1. The Morgan fingerprint density at radius 1 is 1.13 bits per heavy atom. The van der Waals surface area contributed by atoms with Crippen molar-refractivity contribution >= 4 is 54.8 Å². The summed E-state index contributed by atoms with van der Waals surface area (Å²) in [6.45, 7) is 5.97. The smallest absolute Gasteiger partial charge is 0.290 e. The number of fused-ring (bicyclic) bond motifs is 2. The van der Waals surface area contributed by atoms with Crippen molar-refractivity contribution in [2.75, 3.05) is 63.6 Å². The van der Waals surface area contributed by atoms with Gasteiger partial charge in [-0.15, -0.1) is 11.3 Å². The first-order valence-electron chi connectivity index (χ1n) is 12.2. The molecule has 38 heavy (non-hydrogen) atoms. The van der Waals surface area contributed by atoms with Crippen LogP contribution in [0.5, 0.6) is 0 Å². The van der Waals surface area contributed by atoms with E-state index >= 15 is 0 Å². The highest BCUT2D eigenvalue weighted by Crippen LogP contribution is 2.36. The van der Waals surface area contributed by atoms with Gasteiger partial charge in [-0.2, -0.15) is 9.40 Å². The minimum atomic E-state index is -3.13. The Balaban J connectivity index is 0.000000937. The number of ether oxygens (including phenoxy) is 1. The molecular formula is C24H29N7O5S2. The maximum atomic E-state index is 11.8. The van der Waals surface area contributed by atoms with Crippen molar-refractivity contribution in [2.24, 2.45) is 0 Å². The minimum Gasteiger partial charge on any atom is -0.483 e. The van der Waals surface area contributed by atoms with Gasteiger partial charge < -0.3 is 14.7 Å². The summed E-state index contributed by atoms with van der Waals surface area (Å²) in [5, 5.41) is 15.1. The van der Waals surface area contributed by atoms with Crippen LogP contribution in [0, 0.1) is 0 Å². The molecule has 0 radical (unpaired) electrons. The molecule has 2 fully saturated rings. The zero-order chi connectivity index (χ0) is 26.7. The largest absolute Gasteiger partial charge is 0.483 e. The Labute approximate surface area is 223 Å². The fourth-order valence-electron chi connectivity index (χ4n) is 4.75. The van der Waals surface area contributed by atoms with Gasteiger partial charge in [0.25, 0.3) is 6.47 Å².